The molecule has 1 rings (SSSR count). The molecule has 1 aliphatic rings. The van der Waals surface area contributed by atoms with Crippen LogP contribution in [0, 0.1) is 0 Å². The van der Waals surface area contributed by atoms with Gasteiger partial charge in [0.1, 0.15) is 0 Å². The summed E-state index contributed by atoms with van der Waals surface area (Å²) >= 11 is 2.12. The molecule has 2 N–H and O–H groups in total. The summed E-state index contributed by atoms with van der Waals surface area (Å²) in [5.41, 5.74) is 0. The molecule has 0 aromatic heterocycles. The van der Waals surface area contributed by atoms with E-state index in [1.165, 1.54) is 18.6 Å². The van der Waals surface area contributed by atoms with Crippen LogP contribution in [-0.2, 0) is 4.74 Å². The molecule has 0 radical (unpaired) electrons. The molecule has 1 fully saturated rings. The quantitative estimate of drug-likeness (QED) is 0.636. The third-order valence-corrected chi connectivity index (χ3v) is 4.60. The number of ether oxygens (including phenoxy) is 1. The Morgan fingerprint density at radius 3 is 2.94 bits per heavy atom. The smallest absolute Gasteiger partial charge is 0.0587 e. The predicted octanol–water partition coefficient (Wildman–Crippen LogP) is 1.49. The fraction of sp³-hybridized carbons (Fsp3) is 1.00. The summed E-state index contributed by atoms with van der Waals surface area (Å²) in [7, 11) is 1.74. The van der Waals surface area contributed by atoms with Crippen LogP contribution in [0.25, 0.3) is 0 Å². The molecule has 0 amide bonds. The summed E-state index contributed by atoms with van der Waals surface area (Å²) in [5.74, 6) is 1.33. The second-order valence-corrected chi connectivity index (χ2v) is 6.56. The maximum atomic E-state index is 4.99. The van der Waals surface area contributed by atoms with Crippen LogP contribution in [0.1, 0.15) is 26.7 Å². The lowest BCUT2D eigenvalue weighted by Crippen LogP contribution is -2.43. The van der Waals surface area contributed by atoms with Gasteiger partial charge in [-0.25, -0.2) is 0 Å². The molecule has 0 bridgehead atoms. The van der Waals surface area contributed by atoms with Crippen molar-refractivity contribution in [1.82, 2.24) is 10.6 Å². The third-order valence-electron chi connectivity index (χ3n) is 3.06. The average molecular weight is 246 g/mol. The van der Waals surface area contributed by atoms with Gasteiger partial charge in [0.15, 0.2) is 0 Å². The number of nitrogens with one attached hydrogen (secondary N) is 2. The Balaban J connectivity index is 2.03. The minimum atomic E-state index is 0.473. The second-order valence-electron chi connectivity index (χ2n) is 4.88. The molecule has 0 aromatic carbocycles. The van der Waals surface area contributed by atoms with Crippen LogP contribution in [0.5, 0.6) is 0 Å². The summed E-state index contributed by atoms with van der Waals surface area (Å²) in [6.07, 6.45) is 2.73. The van der Waals surface area contributed by atoms with Crippen molar-refractivity contribution in [3.63, 3.8) is 0 Å². The van der Waals surface area contributed by atoms with Crippen LogP contribution in [0.3, 0.4) is 0 Å². The monoisotopic (exact) mass is 246 g/mol. The lowest BCUT2D eigenvalue weighted by atomic mass is 10.1. The average Bonchev–Trinajstić information content (AvgIpc) is 2.70. The van der Waals surface area contributed by atoms with Gasteiger partial charge in [0.05, 0.1) is 6.61 Å². The fourth-order valence-corrected chi connectivity index (χ4v) is 3.19. The van der Waals surface area contributed by atoms with E-state index in [4.69, 9.17) is 4.74 Å². The van der Waals surface area contributed by atoms with Gasteiger partial charge in [0.2, 0.25) is 0 Å². The van der Waals surface area contributed by atoms with E-state index < -0.39 is 0 Å². The van der Waals surface area contributed by atoms with E-state index >= 15 is 0 Å². The predicted molar refractivity (Wildman–Crippen MR) is 72.3 cm³/mol. The first kappa shape index (κ1) is 14.3. The Morgan fingerprint density at radius 1 is 1.50 bits per heavy atom. The SMILES string of the molecule is COCCNCC(C)NCC1(C)CCCS1. The van der Waals surface area contributed by atoms with Crippen LogP contribution in [-0.4, -0.2) is 49.9 Å². The molecular formula is C12H26N2OS. The normalized spacial score (nSPS) is 27.2. The highest BCUT2D eigenvalue weighted by molar-refractivity contribution is 8.00. The van der Waals surface area contributed by atoms with Gasteiger partial charge in [-0.1, -0.05) is 0 Å². The van der Waals surface area contributed by atoms with Crippen molar-refractivity contribution in [2.45, 2.75) is 37.5 Å². The molecule has 0 aliphatic carbocycles. The van der Waals surface area contributed by atoms with Crippen molar-refractivity contribution in [3.05, 3.63) is 0 Å². The molecule has 96 valence electrons. The molecule has 1 saturated heterocycles. The lowest BCUT2D eigenvalue weighted by Gasteiger charge is -2.25. The highest BCUT2D eigenvalue weighted by Gasteiger charge is 2.29. The Morgan fingerprint density at radius 2 is 2.31 bits per heavy atom. The molecule has 1 heterocycles. The van der Waals surface area contributed by atoms with Crippen LogP contribution in [0.2, 0.25) is 0 Å². The second kappa shape index (κ2) is 7.54. The highest BCUT2D eigenvalue weighted by Crippen LogP contribution is 2.36. The standard InChI is InChI=1S/C12H26N2OS/c1-11(9-13-6-7-15-3)14-10-12(2)5-4-8-16-12/h11,13-14H,4-10H2,1-3H3. The lowest BCUT2D eigenvalue weighted by molar-refractivity contribution is 0.198. The largest absolute Gasteiger partial charge is 0.383 e. The van der Waals surface area contributed by atoms with Gasteiger partial charge in [-0.05, 0) is 32.4 Å². The van der Waals surface area contributed by atoms with Gasteiger partial charge < -0.3 is 15.4 Å². The maximum Gasteiger partial charge on any atom is 0.0587 e. The molecule has 2 atom stereocenters. The first-order chi connectivity index (χ1) is 7.66. The van der Waals surface area contributed by atoms with Crippen molar-refractivity contribution in [2.24, 2.45) is 0 Å². The van der Waals surface area contributed by atoms with Crippen LogP contribution in [0.4, 0.5) is 0 Å². The molecule has 3 nitrogen and oxygen atoms in total. The molecule has 0 aromatic rings. The van der Waals surface area contributed by atoms with Crippen molar-refractivity contribution in [1.29, 1.82) is 0 Å². The number of rotatable bonds is 8. The van der Waals surface area contributed by atoms with Gasteiger partial charge in [0.25, 0.3) is 0 Å². The fourth-order valence-electron chi connectivity index (χ4n) is 1.93. The zero-order valence-electron chi connectivity index (χ0n) is 10.8. The molecular weight excluding hydrogens is 220 g/mol. The van der Waals surface area contributed by atoms with E-state index in [1.807, 2.05) is 0 Å². The van der Waals surface area contributed by atoms with Crippen molar-refractivity contribution < 1.29 is 4.74 Å². The molecule has 1 aliphatic heterocycles. The van der Waals surface area contributed by atoms with E-state index in [0.29, 0.717) is 10.8 Å². The van der Waals surface area contributed by atoms with E-state index in [0.717, 1.165) is 26.2 Å². The Bertz CT molecular complexity index is 184. The van der Waals surface area contributed by atoms with Gasteiger partial charge in [-0.3, -0.25) is 0 Å². The van der Waals surface area contributed by atoms with Crippen LogP contribution < -0.4 is 10.6 Å². The van der Waals surface area contributed by atoms with Crippen LogP contribution in [0.15, 0.2) is 0 Å². The van der Waals surface area contributed by atoms with Crippen LogP contribution >= 0.6 is 11.8 Å². The number of hydrogen-bond acceptors (Lipinski definition) is 4. The molecule has 16 heavy (non-hydrogen) atoms. The molecule has 4 heteroatoms. The van der Waals surface area contributed by atoms with E-state index in [1.54, 1.807) is 7.11 Å². The molecule has 0 saturated carbocycles. The Hall–Kier alpha value is 0.230. The van der Waals surface area contributed by atoms with E-state index in [9.17, 15) is 0 Å². The number of methoxy groups -OCH3 is 1. The van der Waals surface area contributed by atoms with Gasteiger partial charge in [-0.15, -0.1) is 0 Å². The summed E-state index contributed by atoms with van der Waals surface area (Å²) in [4.78, 5) is 0. The molecule has 2 unspecified atom stereocenters. The summed E-state index contributed by atoms with van der Waals surface area (Å²) in [5, 5.41) is 7.00. The van der Waals surface area contributed by atoms with E-state index in [2.05, 4.69) is 36.2 Å². The zero-order valence-corrected chi connectivity index (χ0v) is 11.7. The zero-order chi connectivity index (χ0) is 11.9. The van der Waals surface area contributed by atoms with Gasteiger partial charge in [-0.2, -0.15) is 11.8 Å². The first-order valence-corrected chi connectivity index (χ1v) is 7.22. The van der Waals surface area contributed by atoms with Crippen molar-refractivity contribution >= 4 is 11.8 Å². The molecule has 0 spiro atoms. The first-order valence-electron chi connectivity index (χ1n) is 6.23. The van der Waals surface area contributed by atoms with Gasteiger partial charge >= 0.3 is 0 Å². The van der Waals surface area contributed by atoms with Gasteiger partial charge in [0, 0.05) is 37.5 Å². The van der Waals surface area contributed by atoms with Crippen molar-refractivity contribution in [3.8, 4) is 0 Å². The minimum absolute atomic E-state index is 0.473. The van der Waals surface area contributed by atoms with Crippen molar-refractivity contribution in [2.75, 3.05) is 39.1 Å². The summed E-state index contributed by atoms with van der Waals surface area (Å²) in [6, 6.07) is 0.537. The highest BCUT2D eigenvalue weighted by atomic mass is 32.2. The number of hydrogen-bond donors (Lipinski definition) is 2. The topological polar surface area (TPSA) is 33.3 Å². The Labute approximate surface area is 104 Å². The third kappa shape index (κ3) is 5.53. The summed E-state index contributed by atoms with van der Waals surface area (Å²) in [6.45, 7) is 8.50. The minimum Gasteiger partial charge on any atom is -0.383 e. The number of thioether (sulfide) groups is 1. The Kier molecular flexibility index (Phi) is 6.73. The summed E-state index contributed by atoms with van der Waals surface area (Å²) < 4.78 is 5.47. The van der Waals surface area contributed by atoms with E-state index in [-0.39, 0.29) is 0 Å². The maximum absolute atomic E-state index is 4.99.